The molecule has 3 aliphatic rings. The minimum atomic E-state index is -2.46. The zero-order chi connectivity index (χ0) is 21.4. The first-order chi connectivity index (χ1) is 13.4. The number of urea groups is 1. The van der Waals surface area contributed by atoms with Crippen molar-refractivity contribution in [2.75, 3.05) is 0 Å². The molecule has 1 aromatic carbocycles. The number of benzene rings is 1. The Morgan fingerprint density at radius 2 is 1.84 bits per heavy atom. The Morgan fingerprint density at radius 3 is 2.32 bits per heavy atom. The van der Waals surface area contributed by atoms with Crippen molar-refractivity contribution < 1.29 is 19.9 Å². The average molecular weight is 386 g/mol. The summed E-state index contributed by atoms with van der Waals surface area (Å²) < 4.78 is 33.5. The van der Waals surface area contributed by atoms with Gasteiger partial charge in [0.05, 0.1) is 15.5 Å². The fourth-order valence-electron chi connectivity index (χ4n) is 3.29. The van der Waals surface area contributed by atoms with Crippen LogP contribution in [0.1, 0.15) is 42.3 Å². The summed E-state index contributed by atoms with van der Waals surface area (Å²) in [5.74, 6) is -1.42. The SMILES string of the molecule is [2H]C1([2H])c2cc(Cl)c(Cl)cc2C([2H])([2H])N1C(=O)CC[C@@]1(C2CC2)NC(=O)NC1=O. The number of carbonyl (C=O) groups is 3. The second-order valence-corrected chi connectivity index (χ2v) is 7.23. The molecule has 6 nitrogen and oxygen atoms in total. The van der Waals surface area contributed by atoms with E-state index in [-0.39, 0.29) is 39.9 Å². The Labute approximate surface area is 160 Å². The van der Waals surface area contributed by atoms with Crippen LogP contribution in [0.3, 0.4) is 0 Å². The lowest BCUT2D eigenvalue weighted by Gasteiger charge is -2.26. The summed E-state index contributed by atoms with van der Waals surface area (Å²) in [5, 5.41) is 4.90. The van der Waals surface area contributed by atoms with E-state index >= 15 is 0 Å². The van der Waals surface area contributed by atoms with Gasteiger partial charge in [-0.1, -0.05) is 23.2 Å². The maximum absolute atomic E-state index is 13.0. The normalized spacial score (nSPS) is 31.4. The lowest BCUT2D eigenvalue weighted by atomic mass is 9.88. The molecule has 0 aromatic heterocycles. The first-order valence-electron chi connectivity index (χ1n) is 9.88. The van der Waals surface area contributed by atoms with Crippen molar-refractivity contribution in [1.82, 2.24) is 15.5 Å². The van der Waals surface area contributed by atoms with E-state index in [1.807, 2.05) is 0 Å². The molecule has 1 aromatic rings. The van der Waals surface area contributed by atoms with Crippen LogP contribution in [-0.4, -0.2) is 28.3 Å². The summed E-state index contributed by atoms with van der Waals surface area (Å²) in [4.78, 5) is 37.5. The second kappa shape index (κ2) is 5.88. The van der Waals surface area contributed by atoms with Crippen molar-refractivity contribution in [3.63, 3.8) is 0 Å². The number of imide groups is 1. The molecule has 2 heterocycles. The molecule has 1 saturated carbocycles. The van der Waals surface area contributed by atoms with Gasteiger partial charge in [0.25, 0.3) is 5.91 Å². The van der Waals surface area contributed by atoms with Gasteiger partial charge in [0.1, 0.15) is 5.54 Å². The van der Waals surface area contributed by atoms with E-state index in [1.165, 1.54) is 12.1 Å². The van der Waals surface area contributed by atoms with E-state index in [4.69, 9.17) is 28.7 Å². The summed E-state index contributed by atoms with van der Waals surface area (Å²) in [6, 6.07) is 1.82. The third kappa shape index (κ3) is 2.87. The monoisotopic (exact) mass is 385 g/mol. The molecule has 2 aliphatic heterocycles. The molecule has 2 N–H and O–H groups in total. The molecular weight excluding hydrogens is 365 g/mol. The summed E-state index contributed by atoms with van der Waals surface area (Å²) >= 11 is 11.9. The number of amides is 4. The van der Waals surface area contributed by atoms with Gasteiger partial charge in [0.15, 0.2) is 0 Å². The smallest absolute Gasteiger partial charge is 0.322 e. The van der Waals surface area contributed by atoms with Gasteiger partial charge in [-0.25, -0.2) is 4.79 Å². The standard InChI is InChI=1S/C17H17Cl2N3O3/c18-12-5-9-7-22(8-10(9)6-13(12)19)14(23)3-4-17(11-1-2-11)15(24)20-16(25)21-17/h5-6,11H,1-4,7-8H2,(H2,20,21,24,25)/t17-/m0/s1/i7D2,8D2. The van der Waals surface area contributed by atoms with Crippen LogP contribution in [0.25, 0.3) is 0 Å². The highest BCUT2D eigenvalue weighted by molar-refractivity contribution is 6.42. The number of nitrogens with one attached hydrogen (secondary N) is 2. The Balaban J connectivity index is 1.62. The van der Waals surface area contributed by atoms with Crippen LogP contribution in [0, 0.1) is 5.92 Å². The molecule has 1 saturated heterocycles. The van der Waals surface area contributed by atoms with Gasteiger partial charge in [0, 0.05) is 19.4 Å². The minimum absolute atomic E-state index is 0.0470. The Morgan fingerprint density at radius 1 is 1.24 bits per heavy atom. The minimum Gasteiger partial charge on any atom is -0.334 e. The molecular formula is C17H17Cl2N3O3. The molecule has 1 atom stereocenters. The molecule has 8 heteroatoms. The summed E-state index contributed by atoms with van der Waals surface area (Å²) in [6.45, 7) is -4.92. The topological polar surface area (TPSA) is 78.5 Å². The van der Waals surface area contributed by atoms with Crippen molar-refractivity contribution in [2.24, 2.45) is 5.92 Å². The van der Waals surface area contributed by atoms with Crippen LogP contribution in [-0.2, 0) is 22.6 Å². The van der Waals surface area contributed by atoms with Gasteiger partial charge in [-0.15, -0.1) is 0 Å². The fourth-order valence-corrected chi connectivity index (χ4v) is 3.62. The van der Waals surface area contributed by atoms with Crippen LogP contribution in [0.5, 0.6) is 0 Å². The molecule has 0 radical (unpaired) electrons. The number of rotatable bonds is 4. The Bertz CT molecular complexity index is 913. The quantitative estimate of drug-likeness (QED) is 0.781. The molecule has 2 fully saturated rings. The van der Waals surface area contributed by atoms with Crippen molar-refractivity contribution in [3.05, 3.63) is 33.3 Å². The first kappa shape index (κ1) is 12.5. The van der Waals surface area contributed by atoms with Gasteiger partial charge in [-0.05, 0) is 48.4 Å². The van der Waals surface area contributed by atoms with Gasteiger partial charge in [0.2, 0.25) is 5.91 Å². The molecule has 0 unspecified atom stereocenters. The first-order valence-corrected chi connectivity index (χ1v) is 8.63. The van der Waals surface area contributed by atoms with Crippen molar-refractivity contribution in [1.29, 1.82) is 0 Å². The summed E-state index contributed by atoms with van der Waals surface area (Å²) in [7, 11) is 0. The van der Waals surface area contributed by atoms with Crippen LogP contribution < -0.4 is 10.6 Å². The summed E-state index contributed by atoms with van der Waals surface area (Å²) in [6.07, 6.45) is 1.10. The van der Waals surface area contributed by atoms with Crippen LogP contribution >= 0.6 is 23.2 Å². The number of fused-ring (bicyclic) bond motifs is 1. The van der Waals surface area contributed by atoms with Crippen LogP contribution in [0.4, 0.5) is 4.79 Å². The fraction of sp³-hybridized carbons (Fsp3) is 0.471. The van der Waals surface area contributed by atoms with Gasteiger partial charge in [-0.2, -0.15) is 0 Å². The number of carbonyl (C=O) groups excluding carboxylic acids is 3. The molecule has 4 amide bonds. The van der Waals surface area contributed by atoms with Crippen molar-refractivity contribution in [2.45, 2.75) is 44.2 Å². The number of halogens is 2. The van der Waals surface area contributed by atoms with Gasteiger partial charge >= 0.3 is 6.03 Å². The molecule has 132 valence electrons. The molecule has 4 rings (SSSR count). The molecule has 1 aliphatic carbocycles. The highest BCUT2D eigenvalue weighted by Gasteiger charge is 2.55. The van der Waals surface area contributed by atoms with Crippen LogP contribution in [0.2, 0.25) is 10.0 Å². The van der Waals surface area contributed by atoms with E-state index in [1.54, 1.807) is 0 Å². The predicted molar refractivity (Wildman–Crippen MR) is 92.1 cm³/mol. The average Bonchev–Trinajstić information content (AvgIpc) is 3.38. The Kier molecular flexibility index (Phi) is 2.95. The maximum Gasteiger partial charge on any atom is 0.322 e. The summed E-state index contributed by atoms with van der Waals surface area (Å²) in [5.41, 5.74) is -1.37. The molecule has 25 heavy (non-hydrogen) atoms. The van der Waals surface area contributed by atoms with Gasteiger partial charge < -0.3 is 10.2 Å². The second-order valence-electron chi connectivity index (χ2n) is 6.42. The number of nitrogens with zero attached hydrogens (tertiary/aromatic N) is 1. The number of hydrogen-bond acceptors (Lipinski definition) is 3. The highest BCUT2D eigenvalue weighted by Crippen LogP contribution is 2.44. The third-order valence-corrected chi connectivity index (χ3v) is 5.47. The third-order valence-electron chi connectivity index (χ3n) is 4.75. The largest absolute Gasteiger partial charge is 0.334 e. The van der Waals surface area contributed by atoms with Gasteiger partial charge in [-0.3, -0.25) is 14.9 Å². The van der Waals surface area contributed by atoms with E-state index in [2.05, 4.69) is 10.6 Å². The predicted octanol–water partition coefficient (Wildman–Crippen LogP) is 2.60. The van der Waals surface area contributed by atoms with E-state index in [9.17, 15) is 14.4 Å². The van der Waals surface area contributed by atoms with E-state index < -0.39 is 36.4 Å². The molecule has 0 bridgehead atoms. The lowest BCUT2D eigenvalue weighted by molar-refractivity contribution is -0.133. The zero-order valence-electron chi connectivity index (χ0n) is 17.0. The lowest BCUT2D eigenvalue weighted by Crippen LogP contribution is -2.49. The van der Waals surface area contributed by atoms with E-state index in [0.717, 1.165) is 12.8 Å². The van der Waals surface area contributed by atoms with Crippen LogP contribution in [0.15, 0.2) is 12.1 Å². The Hall–Kier alpha value is -1.79. The zero-order valence-corrected chi connectivity index (χ0v) is 14.5. The van der Waals surface area contributed by atoms with Crippen molar-refractivity contribution in [3.8, 4) is 0 Å². The number of hydrogen-bond donors (Lipinski definition) is 2. The van der Waals surface area contributed by atoms with E-state index in [0.29, 0.717) is 4.90 Å². The maximum atomic E-state index is 13.0. The highest BCUT2D eigenvalue weighted by atomic mass is 35.5. The van der Waals surface area contributed by atoms with Crippen molar-refractivity contribution >= 4 is 41.0 Å². The molecule has 0 spiro atoms.